The first-order chi connectivity index (χ1) is 19.9. The zero-order valence-electron chi connectivity index (χ0n) is 22.6. The van der Waals surface area contributed by atoms with Crippen LogP contribution in [0, 0.1) is 11.6 Å². The fraction of sp³-hybridized carbons (Fsp3) is 0.273. The van der Waals surface area contributed by atoms with Gasteiger partial charge in [0.1, 0.15) is 36.3 Å². The molecule has 1 aliphatic heterocycles. The Morgan fingerprint density at radius 1 is 0.762 bits per heavy atom. The van der Waals surface area contributed by atoms with Gasteiger partial charge in [0, 0.05) is 67.7 Å². The van der Waals surface area contributed by atoms with Gasteiger partial charge < -0.3 is 14.4 Å². The minimum atomic E-state index is -0.340. The van der Waals surface area contributed by atoms with E-state index < -0.39 is 0 Å². The van der Waals surface area contributed by atoms with E-state index in [2.05, 4.69) is 9.97 Å². The van der Waals surface area contributed by atoms with Gasteiger partial charge in [0.15, 0.2) is 5.78 Å². The molecule has 0 fully saturated rings. The molecular weight excluding hydrogens is 540 g/mol. The third-order valence-electron chi connectivity index (χ3n) is 6.84. The number of Topliss-reactive ketones (excluding diaryl/α,β-unsaturated/α-hetero) is 1. The number of aromatic nitrogens is 2. The molecule has 2 aliphatic rings. The molecule has 2 aromatic carbocycles. The van der Waals surface area contributed by atoms with Crippen molar-refractivity contribution in [2.24, 2.45) is 0 Å². The molecule has 0 saturated heterocycles. The van der Waals surface area contributed by atoms with Crippen LogP contribution < -0.4 is 9.47 Å². The summed E-state index contributed by atoms with van der Waals surface area (Å²) in [6.07, 6.45) is 6.50. The highest BCUT2D eigenvalue weighted by Crippen LogP contribution is 2.22. The number of rotatable bonds is 6. The molecule has 0 radical (unpaired) electrons. The Labute approximate surface area is 244 Å². The molecule has 1 amide bonds. The van der Waals surface area contributed by atoms with Crippen LogP contribution in [0.3, 0.4) is 0 Å². The van der Waals surface area contributed by atoms with E-state index in [1.807, 2.05) is 6.07 Å². The number of fused-ring (bicyclic) bond motifs is 2. The van der Waals surface area contributed by atoms with Gasteiger partial charge in [-0.2, -0.15) is 0 Å². The molecule has 0 atom stereocenters. The van der Waals surface area contributed by atoms with Crippen LogP contribution in [0.25, 0.3) is 0 Å². The molecule has 3 heterocycles. The lowest BCUT2D eigenvalue weighted by molar-refractivity contribution is 0.0778. The van der Waals surface area contributed by atoms with E-state index >= 15 is 0 Å². The Kier molecular flexibility index (Phi) is 9.96. The van der Waals surface area contributed by atoms with Crippen molar-refractivity contribution in [3.8, 4) is 11.5 Å². The molecule has 42 heavy (non-hydrogen) atoms. The number of halogens is 2. The molecule has 6 rings (SSSR count). The molecule has 0 unspecified atom stereocenters. The first kappa shape index (κ1) is 30.3. The molecule has 0 saturated carbocycles. The smallest absolute Gasteiger partial charge is 0.255 e. The minimum absolute atomic E-state index is 0. The van der Waals surface area contributed by atoms with Crippen LogP contribution in [0.2, 0.25) is 0 Å². The van der Waals surface area contributed by atoms with Crippen LogP contribution in [0.15, 0.2) is 73.1 Å². The molecule has 2 aromatic heterocycles. The number of ketones is 1. The quantitative estimate of drug-likeness (QED) is 0.266. The molecule has 0 bridgehead atoms. The highest BCUT2D eigenvalue weighted by Gasteiger charge is 2.23. The van der Waals surface area contributed by atoms with Gasteiger partial charge >= 0.3 is 0 Å². The van der Waals surface area contributed by atoms with Crippen LogP contribution in [0.1, 0.15) is 63.5 Å². The van der Waals surface area contributed by atoms with E-state index in [0.29, 0.717) is 35.6 Å². The van der Waals surface area contributed by atoms with Gasteiger partial charge in [0.2, 0.25) is 0 Å². The summed E-state index contributed by atoms with van der Waals surface area (Å²) in [5.41, 5.74) is 4.65. The highest BCUT2D eigenvalue weighted by atomic mass is 19.1. The van der Waals surface area contributed by atoms with Crippen molar-refractivity contribution in [3.05, 3.63) is 118 Å². The Bertz CT molecular complexity index is 1580. The lowest BCUT2D eigenvalue weighted by atomic mass is 9.94. The normalized spacial score (nSPS) is 13.6. The van der Waals surface area contributed by atoms with Crippen molar-refractivity contribution in [2.75, 3.05) is 13.6 Å². The summed E-state index contributed by atoms with van der Waals surface area (Å²) in [5, 5.41) is 0. The average Bonchev–Trinajstić information content (AvgIpc) is 2.98. The maximum atomic E-state index is 13.1. The Hall–Kier alpha value is -4.66. The third-order valence-corrected chi connectivity index (χ3v) is 6.84. The third kappa shape index (κ3) is 7.54. The second-order valence-electron chi connectivity index (χ2n) is 9.92. The van der Waals surface area contributed by atoms with Crippen LogP contribution in [-0.2, 0) is 26.1 Å². The summed E-state index contributed by atoms with van der Waals surface area (Å²) in [4.78, 5) is 34.2. The maximum Gasteiger partial charge on any atom is 0.255 e. The molecule has 7 nitrogen and oxygen atoms in total. The zero-order chi connectivity index (χ0) is 28.8. The Morgan fingerprint density at radius 3 is 1.88 bits per heavy atom. The predicted molar refractivity (Wildman–Crippen MR) is 155 cm³/mol. The van der Waals surface area contributed by atoms with Gasteiger partial charge in [-0.25, -0.2) is 8.78 Å². The summed E-state index contributed by atoms with van der Waals surface area (Å²) in [6, 6.07) is 15.6. The highest BCUT2D eigenvalue weighted by molar-refractivity contribution is 5.98. The van der Waals surface area contributed by atoms with Gasteiger partial charge in [0.25, 0.3) is 5.91 Å². The van der Waals surface area contributed by atoms with Crippen molar-refractivity contribution in [1.82, 2.24) is 14.9 Å². The van der Waals surface area contributed by atoms with Crippen LogP contribution in [0.5, 0.6) is 11.5 Å². The van der Waals surface area contributed by atoms with Gasteiger partial charge in [-0.3, -0.25) is 19.6 Å². The number of carbonyl (C=O) groups excluding carboxylic acids is 2. The molecule has 9 heteroatoms. The van der Waals surface area contributed by atoms with E-state index in [0.717, 1.165) is 41.8 Å². The number of carbonyl (C=O) groups is 2. The van der Waals surface area contributed by atoms with Gasteiger partial charge in [-0.1, -0.05) is 19.6 Å². The number of amides is 1. The summed E-state index contributed by atoms with van der Waals surface area (Å²) < 4.78 is 37.1. The largest absolute Gasteiger partial charge is 0.489 e. The lowest BCUT2D eigenvalue weighted by Gasteiger charge is -2.24. The number of nitrogens with zero attached hydrogens (tertiary/aromatic N) is 3. The maximum absolute atomic E-state index is 13.1. The van der Waals surface area contributed by atoms with Crippen LogP contribution in [-0.4, -0.2) is 40.2 Å². The van der Waals surface area contributed by atoms with E-state index in [1.54, 1.807) is 54.7 Å². The van der Waals surface area contributed by atoms with E-state index in [4.69, 9.17) is 9.47 Å². The van der Waals surface area contributed by atoms with Crippen molar-refractivity contribution in [3.63, 3.8) is 0 Å². The van der Waals surface area contributed by atoms with E-state index in [1.165, 1.54) is 24.3 Å². The number of ether oxygens (including phenoxy) is 2. The van der Waals surface area contributed by atoms with Crippen LogP contribution >= 0.6 is 0 Å². The number of pyridine rings is 2. The summed E-state index contributed by atoms with van der Waals surface area (Å²) >= 11 is 0. The van der Waals surface area contributed by atoms with Gasteiger partial charge in [-0.05, 0) is 49.2 Å². The van der Waals surface area contributed by atoms with E-state index in [9.17, 15) is 18.4 Å². The van der Waals surface area contributed by atoms with E-state index in [-0.39, 0.29) is 44.0 Å². The zero-order valence-corrected chi connectivity index (χ0v) is 22.6. The number of likely N-dealkylation sites (N-methyl/N-ethyl adjacent to an activating group) is 1. The molecule has 4 aromatic rings. The lowest BCUT2D eigenvalue weighted by Crippen LogP contribution is -2.34. The molecule has 218 valence electrons. The number of hydrogen-bond acceptors (Lipinski definition) is 6. The fourth-order valence-corrected chi connectivity index (χ4v) is 4.63. The SMILES string of the molecule is C.CN1CCc2ncc(COc3cccc(F)c3)cc2C1=O.O=C1CCCc2ncc(COc3cccc(F)c3)cc21. The van der Waals surface area contributed by atoms with Crippen molar-refractivity contribution < 1.29 is 27.8 Å². The topological polar surface area (TPSA) is 81.6 Å². The molecule has 1 aliphatic carbocycles. The van der Waals surface area contributed by atoms with Crippen molar-refractivity contribution in [2.45, 2.75) is 46.3 Å². The molecule has 0 spiro atoms. The van der Waals surface area contributed by atoms with Crippen molar-refractivity contribution >= 4 is 11.7 Å². The first-order valence-corrected chi connectivity index (χ1v) is 13.4. The number of hydrogen-bond donors (Lipinski definition) is 0. The van der Waals surface area contributed by atoms with Crippen LogP contribution in [0.4, 0.5) is 8.78 Å². The molecule has 0 N–H and O–H groups in total. The average molecular weight is 574 g/mol. The first-order valence-electron chi connectivity index (χ1n) is 13.4. The summed E-state index contributed by atoms with van der Waals surface area (Å²) in [5.74, 6) is 0.377. The summed E-state index contributed by atoms with van der Waals surface area (Å²) in [6.45, 7) is 1.22. The van der Waals surface area contributed by atoms with Gasteiger partial charge in [-0.15, -0.1) is 0 Å². The second-order valence-corrected chi connectivity index (χ2v) is 9.92. The predicted octanol–water partition coefficient (Wildman–Crippen LogP) is 6.38. The Balaban J connectivity index is 0.000000189. The number of aryl methyl sites for hydroxylation is 1. The van der Waals surface area contributed by atoms with Gasteiger partial charge in [0.05, 0.1) is 17.0 Å². The minimum Gasteiger partial charge on any atom is -0.489 e. The fourth-order valence-electron chi connectivity index (χ4n) is 4.63. The Morgan fingerprint density at radius 2 is 1.31 bits per heavy atom. The number of benzene rings is 2. The molecular formula is C33H33F2N3O4. The summed E-state index contributed by atoms with van der Waals surface area (Å²) in [7, 11) is 1.78. The second kappa shape index (κ2) is 13.8. The van der Waals surface area contributed by atoms with Crippen molar-refractivity contribution in [1.29, 1.82) is 0 Å². The standard InChI is InChI=1S/C16H15FN2O2.C16H14FNO2.CH4/c1-19-6-5-15-14(16(19)20)7-11(9-18-15)10-21-13-4-2-3-12(17)8-13;17-12-3-1-4-13(8-12)20-10-11-7-14-15(18-9-11)5-2-6-16(14)19;/h2-4,7-9H,5-6,10H2,1H3;1,3-4,7-9H,2,5-6,10H2;1H4. The monoisotopic (exact) mass is 573 g/mol.